The molecule has 0 radical (unpaired) electrons. The lowest BCUT2D eigenvalue weighted by atomic mass is 9.84. The third-order valence-electron chi connectivity index (χ3n) is 5.27. The second-order valence-electron chi connectivity index (χ2n) is 7.34. The van der Waals surface area contributed by atoms with Gasteiger partial charge in [0.2, 0.25) is 0 Å². The van der Waals surface area contributed by atoms with Crippen molar-refractivity contribution in [3.05, 3.63) is 59.4 Å². The number of pyridine rings is 1. The second-order valence-corrected chi connectivity index (χ2v) is 7.34. The number of benzene rings is 1. The van der Waals surface area contributed by atoms with Crippen LogP contribution in [0.3, 0.4) is 0 Å². The van der Waals surface area contributed by atoms with Crippen LogP contribution in [0.4, 0.5) is 0 Å². The Balaban J connectivity index is 1.59. The molecule has 1 fully saturated rings. The van der Waals surface area contributed by atoms with E-state index in [2.05, 4.69) is 10.3 Å². The van der Waals surface area contributed by atoms with Gasteiger partial charge in [-0.15, -0.1) is 0 Å². The van der Waals surface area contributed by atoms with Gasteiger partial charge in [-0.05, 0) is 55.5 Å². The minimum absolute atomic E-state index is 0.0522. The van der Waals surface area contributed by atoms with Crippen molar-refractivity contribution in [1.29, 1.82) is 0 Å². The molecule has 27 heavy (non-hydrogen) atoms. The normalized spacial score (nSPS) is 15.9. The van der Waals surface area contributed by atoms with Gasteiger partial charge in [0.15, 0.2) is 0 Å². The molecule has 2 aromatic rings. The van der Waals surface area contributed by atoms with Gasteiger partial charge in [0.25, 0.3) is 5.91 Å². The van der Waals surface area contributed by atoms with E-state index in [1.807, 2.05) is 43.3 Å². The lowest BCUT2D eigenvalue weighted by molar-refractivity contribution is 0.0915. The summed E-state index contributed by atoms with van der Waals surface area (Å²) in [6.45, 7) is 2.82. The fraction of sp³-hybridized carbons (Fsp3) is 0.455. The zero-order valence-electron chi connectivity index (χ0n) is 16.0. The van der Waals surface area contributed by atoms with E-state index in [4.69, 9.17) is 10.5 Å². The highest BCUT2D eigenvalue weighted by molar-refractivity contribution is 5.94. The first-order valence-corrected chi connectivity index (χ1v) is 9.81. The van der Waals surface area contributed by atoms with Gasteiger partial charge in [-0.1, -0.05) is 31.4 Å². The van der Waals surface area contributed by atoms with Crippen LogP contribution < -0.4 is 15.8 Å². The van der Waals surface area contributed by atoms with E-state index < -0.39 is 0 Å². The predicted octanol–water partition coefficient (Wildman–Crippen LogP) is 3.61. The third-order valence-corrected chi connectivity index (χ3v) is 5.27. The number of hydrogen-bond acceptors (Lipinski definition) is 4. The third kappa shape index (κ3) is 5.54. The van der Waals surface area contributed by atoms with Gasteiger partial charge in [-0.3, -0.25) is 9.78 Å². The zero-order valence-corrected chi connectivity index (χ0v) is 16.0. The lowest BCUT2D eigenvalue weighted by Gasteiger charge is -2.30. The summed E-state index contributed by atoms with van der Waals surface area (Å²) in [5.74, 6) is 1.15. The van der Waals surface area contributed by atoms with Crippen LogP contribution in [0.1, 0.15) is 53.7 Å². The maximum absolute atomic E-state index is 12.7. The Morgan fingerprint density at radius 3 is 2.78 bits per heavy atom. The highest BCUT2D eigenvalue weighted by Gasteiger charge is 2.24. The molecule has 0 spiro atoms. The number of aromatic nitrogens is 1. The van der Waals surface area contributed by atoms with Crippen LogP contribution in [0.2, 0.25) is 0 Å². The van der Waals surface area contributed by atoms with E-state index in [0.717, 1.165) is 29.8 Å². The van der Waals surface area contributed by atoms with Crippen LogP contribution in [-0.4, -0.2) is 23.5 Å². The molecule has 1 aromatic heterocycles. The summed E-state index contributed by atoms with van der Waals surface area (Å²) >= 11 is 0. The first-order valence-electron chi connectivity index (χ1n) is 9.81. The Hall–Kier alpha value is -2.40. The molecule has 0 bridgehead atoms. The molecule has 1 amide bonds. The number of nitrogens with two attached hydrogens (primary N) is 1. The van der Waals surface area contributed by atoms with Gasteiger partial charge in [-0.2, -0.15) is 0 Å². The number of carbonyl (C=O) groups is 1. The van der Waals surface area contributed by atoms with Crippen molar-refractivity contribution in [1.82, 2.24) is 10.3 Å². The summed E-state index contributed by atoms with van der Waals surface area (Å²) in [7, 11) is 0. The molecule has 1 unspecified atom stereocenters. The van der Waals surface area contributed by atoms with Crippen LogP contribution in [0.15, 0.2) is 42.6 Å². The average Bonchev–Trinajstić information content (AvgIpc) is 2.72. The predicted molar refractivity (Wildman–Crippen MR) is 107 cm³/mol. The van der Waals surface area contributed by atoms with E-state index in [1.54, 1.807) is 6.20 Å². The molecule has 5 nitrogen and oxygen atoms in total. The summed E-state index contributed by atoms with van der Waals surface area (Å²) in [6.07, 6.45) is 7.78. The molecule has 3 N–H and O–H groups in total. The zero-order chi connectivity index (χ0) is 19.1. The molecule has 1 aliphatic rings. The number of carbonyl (C=O) groups excluding carboxylic acids is 1. The molecule has 1 aliphatic carbocycles. The summed E-state index contributed by atoms with van der Waals surface area (Å²) in [6, 6.07) is 11.4. The van der Waals surface area contributed by atoms with Gasteiger partial charge >= 0.3 is 0 Å². The number of rotatable bonds is 7. The molecular formula is C22H29N3O2. The molecule has 0 aliphatic heterocycles. The van der Waals surface area contributed by atoms with Crippen LogP contribution in [-0.2, 0) is 6.61 Å². The summed E-state index contributed by atoms with van der Waals surface area (Å²) in [4.78, 5) is 16.9. The Kier molecular flexibility index (Phi) is 6.82. The molecule has 1 aromatic carbocycles. The number of hydrogen-bond donors (Lipinski definition) is 2. The van der Waals surface area contributed by atoms with Crippen molar-refractivity contribution in [2.75, 3.05) is 6.54 Å². The number of nitrogens with zero attached hydrogens (tertiary/aromatic N) is 1. The first-order chi connectivity index (χ1) is 13.2. The van der Waals surface area contributed by atoms with Crippen molar-refractivity contribution in [3.63, 3.8) is 0 Å². The van der Waals surface area contributed by atoms with Crippen LogP contribution >= 0.6 is 0 Å². The maximum Gasteiger partial charge on any atom is 0.251 e. The van der Waals surface area contributed by atoms with Crippen molar-refractivity contribution >= 4 is 5.91 Å². The van der Waals surface area contributed by atoms with E-state index in [-0.39, 0.29) is 11.9 Å². The Labute approximate surface area is 161 Å². The Morgan fingerprint density at radius 1 is 1.26 bits per heavy atom. The molecule has 1 heterocycles. The fourth-order valence-electron chi connectivity index (χ4n) is 3.67. The van der Waals surface area contributed by atoms with Crippen LogP contribution in [0.25, 0.3) is 0 Å². The highest BCUT2D eigenvalue weighted by Crippen LogP contribution is 2.26. The Bertz CT molecular complexity index is 739. The van der Waals surface area contributed by atoms with Crippen molar-refractivity contribution in [3.8, 4) is 5.75 Å². The quantitative estimate of drug-likeness (QED) is 0.784. The second kappa shape index (κ2) is 9.51. The van der Waals surface area contributed by atoms with Gasteiger partial charge in [-0.25, -0.2) is 0 Å². The summed E-state index contributed by atoms with van der Waals surface area (Å²) < 4.78 is 5.77. The molecular weight excluding hydrogens is 338 g/mol. The van der Waals surface area contributed by atoms with Crippen molar-refractivity contribution < 1.29 is 9.53 Å². The van der Waals surface area contributed by atoms with Crippen LogP contribution in [0.5, 0.6) is 5.75 Å². The van der Waals surface area contributed by atoms with Gasteiger partial charge in [0, 0.05) is 23.8 Å². The SMILES string of the molecule is Cc1ccc(OCc2cccc(C(=O)NC(CN)C3CCCCC3)c2)cn1. The van der Waals surface area contributed by atoms with Gasteiger partial charge in [0.05, 0.1) is 6.20 Å². The van der Waals surface area contributed by atoms with Crippen molar-refractivity contribution in [2.24, 2.45) is 11.7 Å². The summed E-state index contributed by atoms with van der Waals surface area (Å²) in [5, 5.41) is 3.15. The average molecular weight is 367 g/mol. The largest absolute Gasteiger partial charge is 0.487 e. The molecule has 1 atom stereocenters. The smallest absolute Gasteiger partial charge is 0.251 e. The fourth-order valence-corrected chi connectivity index (χ4v) is 3.67. The number of amides is 1. The monoisotopic (exact) mass is 367 g/mol. The molecule has 3 rings (SSSR count). The topological polar surface area (TPSA) is 77.2 Å². The standard InChI is InChI=1S/C22H29N3O2/c1-16-10-11-20(14-24-16)27-15-17-6-5-9-19(12-17)22(26)25-21(13-23)18-7-3-2-4-8-18/h5-6,9-12,14,18,21H,2-4,7-8,13,15,23H2,1H3,(H,25,26). The van der Waals surface area contributed by atoms with E-state index in [0.29, 0.717) is 24.6 Å². The lowest BCUT2D eigenvalue weighted by Crippen LogP contribution is -2.45. The molecule has 144 valence electrons. The number of ether oxygens (including phenoxy) is 1. The molecule has 0 saturated heterocycles. The van der Waals surface area contributed by atoms with E-state index >= 15 is 0 Å². The highest BCUT2D eigenvalue weighted by atomic mass is 16.5. The minimum atomic E-state index is -0.0603. The van der Waals surface area contributed by atoms with E-state index in [1.165, 1.54) is 19.3 Å². The van der Waals surface area contributed by atoms with E-state index in [9.17, 15) is 4.79 Å². The molecule has 1 saturated carbocycles. The Morgan fingerprint density at radius 2 is 2.07 bits per heavy atom. The number of aryl methyl sites for hydroxylation is 1. The minimum Gasteiger partial charge on any atom is -0.487 e. The summed E-state index contributed by atoms with van der Waals surface area (Å²) in [5.41, 5.74) is 8.49. The van der Waals surface area contributed by atoms with Crippen molar-refractivity contribution in [2.45, 2.75) is 51.7 Å². The number of nitrogens with one attached hydrogen (secondary N) is 1. The first kappa shape index (κ1) is 19.4. The molecule has 5 heteroatoms. The maximum atomic E-state index is 12.7. The van der Waals surface area contributed by atoms with Gasteiger partial charge < -0.3 is 15.8 Å². The van der Waals surface area contributed by atoms with Crippen LogP contribution in [0, 0.1) is 12.8 Å². The van der Waals surface area contributed by atoms with Gasteiger partial charge in [0.1, 0.15) is 12.4 Å².